The molecule has 0 heterocycles. The summed E-state index contributed by atoms with van der Waals surface area (Å²) in [7, 11) is 0. The van der Waals surface area contributed by atoms with Crippen LogP contribution in [0.3, 0.4) is 0 Å². The molecule has 0 heteroatoms. The molecule has 0 nitrogen and oxygen atoms in total. The topological polar surface area (TPSA) is 0 Å². The third-order valence-corrected chi connectivity index (χ3v) is 12.8. The van der Waals surface area contributed by atoms with E-state index in [1.165, 1.54) is 121 Å². The number of hydrogen-bond acceptors (Lipinski definition) is 0. The zero-order chi connectivity index (χ0) is 41.0. The van der Waals surface area contributed by atoms with Crippen LogP contribution in [0, 0.1) is 0 Å². The average Bonchev–Trinajstić information content (AvgIpc) is 3.35. The molecule has 0 atom stereocenters. The second-order valence-electron chi connectivity index (χ2n) is 16.3. The minimum atomic E-state index is 1.21. The van der Waals surface area contributed by atoms with E-state index in [0.29, 0.717) is 0 Å². The van der Waals surface area contributed by atoms with E-state index in [1.807, 2.05) is 0 Å². The molecular formula is C62H40. The van der Waals surface area contributed by atoms with Gasteiger partial charge in [-0.2, -0.15) is 0 Å². The Kier molecular flexibility index (Phi) is 8.61. The minimum absolute atomic E-state index is 1.21. The molecule has 0 bridgehead atoms. The molecule has 12 aromatic carbocycles. The van der Waals surface area contributed by atoms with Crippen molar-refractivity contribution in [1.29, 1.82) is 0 Å². The van der Waals surface area contributed by atoms with E-state index in [1.54, 1.807) is 0 Å². The molecule has 0 spiro atoms. The van der Waals surface area contributed by atoms with Crippen molar-refractivity contribution in [1.82, 2.24) is 0 Å². The number of benzene rings is 12. The average molecular weight is 785 g/mol. The van der Waals surface area contributed by atoms with E-state index in [-0.39, 0.29) is 0 Å². The first-order chi connectivity index (χ1) is 30.8. The lowest BCUT2D eigenvalue weighted by Crippen LogP contribution is -1.91. The van der Waals surface area contributed by atoms with Crippen LogP contribution in [0.2, 0.25) is 0 Å². The number of rotatable bonds is 6. The predicted molar refractivity (Wildman–Crippen MR) is 267 cm³/mol. The highest BCUT2D eigenvalue weighted by Crippen LogP contribution is 2.46. The van der Waals surface area contributed by atoms with Crippen LogP contribution in [-0.4, -0.2) is 0 Å². The molecule has 288 valence electrons. The molecular weight excluding hydrogens is 745 g/mol. The summed E-state index contributed by atoms with van der Waals surface area (Å²) >= 11 is 0. The van der Waals surface area contributed by atoms with E-state index < -0.39 is 0 Å². The van der Waals surface area contributed by atoms with Crippen molar-refractivity contribution in [3.63, 3.8) is 0 Å². The van der Waals surface area contributed by atoms with Crippen LogP contribution >= 0.6 is 0 Å². The van der Waals surface area contributed by atoms with Gasteiger partial charge in [-0.3, -0.25) is 0 Å². The van der Waals surface area contributed by atoms with Crippen molar-refractivity contribution < 1.29 is 0 Å². The molecule has 12 rings (SSSR count). The largest absolute Gasteiger partial charge is 0.0622 e. The summed E-state index contributed by atoms with van der Waals surface area (Å²) in [5.74, 6) is 0. The van der Waals surface area contributed by atoms with Crippen LogP contribution < -0.4 is 0 Å². The zero-order valence-corrected chi connectivity index (χ0v) is 34.1. The monoisotopic (exact) mass is 784 g/mol. The third kappa shape index (κ3) is 5.99. The third-order valence-electron chi connectivity index (χ3n) is 12.8. The van der Waals surface area contributed by atoms with E-state index in [9.17, 15) is 0 Å². The van der Waals surface area contributed by atoms with E-state index in [0.717, 1.165) is 0 Å². The zero-order valence-electron chi connectivity index (χ0n) is 34.1. The minimum Gasteiger partial charge on any atom is -0.0622 e. The van der Waals surface area contributed by atoms with Gasteiger partial charge < -0.3 is 0 Å². The maximum atomic E-state index is 2.37. The van der Waals surface area contributed by atoms with Gasteiger partial charge in [0.05, 0.1) is 0 Å². The standard InChI is InChI=1S/C62H40/c1-3-15-44(16-4-1)59-51-19-7-9-21-53(51)61(54-22-10-8-20-52(54)59)46-33-31-42(32-34-46)41-27-29-43(30-28-41)47-35-36-49-40-50(38-37-48(49)39-47)62-57-25-13-11-23-55(57)60(45-17-5-2-6-18-45)56-24-12-14-26-58(56)62/h1-40H. The molecule has 0 fully saturated rings. The van der Waals surface area contributed by atoms with Crippen LogP contribution in [0.5, 0.6) is 0 Å². The van der Waals surface area contributed by atoms with Gasteiger partial charge >= 0.3 is 0 Å². The summed E-state index contributed by atoms with van der Waals surface area (Å²) in [5.41, 5.74) is 14.9. The SMILES string of the molecule is c1ccc(-c2c3ccccc3c(-c3ccc(-c4ccc(-c5ccc6cc(-c7c8ccccc8c(-c8ccccc8)c8ccccc78)ccc6c5)cc4)cc3)c3ccccc23)cc1. The van der Waals surface area contributed by atoms with Crippen molar-refractivity contribution in [2.45, 2.75) is 0 Å². The van der Waals surface area contributed by atoms with Crippen molar-refractivity contribution in [3.8, 4) is 66.8 Å². The Morgan fingerprint density at radius 1 is 0.145 bits per heavy atom. The summed E-state index contributed by atoms with van der Waals surface area (Å²) in [4.78, 5) is 0. The van der Waals surface area contributed by atoms with Crippen LogP contribution in [0.4, 0.5) is 0 Å². The quantitative estimate of drug-likeness (QED) is 0.147. The smallest absolute Gasteiger partial charge is 0.00262 e. The lowest BCUT2D eigenvalue weighted by Gasteiger charge is -2.18. The Balaban J connectivity index is 0.868. The fourth-order valence-corrected chi connectivity index (χ4v) is 9.98. The van der Waals surface area contributed by atoms with Gasteiger partial charge in [0.1, 0.15) is 0 Å². The molecule has 12 aromatic rings. The van der Waals surface area contributed by atoms with Gasteiger partial charge in [-0.25, -0.2) is 0 Å². The summed E-state index contributed by atoms with van der Waals surface area (Å²) in [6, 6.07) is 89.1. The Morgan fingerprint density at radius 2 is 0.371 bits per heavy atom. The lowest BCUT2D eigenvalue weighted by molar-refractivity contribution is 1.59. The van der Waals surface area contributed by atoms with Gasteiger partial charge in [-0.05, 0) is 133 Å². The number of fused-ring (bicyclic) bond motifs is 5. The summed E-state index contributed by atoms with van der Waals surface area (Å²) in [5, 5.41) is 12.7. The molecule has 0 aromatic heterocycles. The molecule has 62 heavy (non-hydrogen) atoms. The van der Waals surface area contributed by atoms with E-state index in [4.69, 9.17) is 0 Å². The summed E-state index contributed by atoms with van der Waals surface area (Å²) in [6.07, 6.45) is 0. The first-order valence-electron chi connectivity index (χ1n) is 21.5. The molecule has 0 aliphatic heterocycles. The van der Waals surface area contributed by atoms with Gasteiger partial charge in [0.25, 0.3) is 0 Å². The molecule has 0 saturated carbocycles. The molecule has 0 aliphatic rings. The van der Waals surface area contributed by atoms with Gasteiger partial charge in [-0.15, -0.1) is 0 Å². The second kappa shape index (κ2) is 14.9. The lowest BCUT2D eigenvalue weighted by atomic mass is 9.85. The highest BCUT2D eigenvalue weighted by molar-refractivity contribution is 6.23. The van der Waals surface area contributed by atoms with Gasteiger partial charge in [0, 0.05) is 0 Å². The summed E-state index contributed by atoms with van der Waals surface area (Å²) < 4.78 is 0. The second-order valence-corrected chi connectivity index (χ2v) is 16.3. The first kappa shape index (κ1) is 35.8. The first-order valence-corrected chi connectivity index (χ1v) is 21.5. The normalized spacial score (nSPS) is 11.5. The highest BCUT2D eigenvalue weighted by atomic mass is 14.2. The maximum absolute atomic E-state index is 2.37. The van der Waals surface area contributed by atoms with Crippen molar-refractivity contribution in [2.75, 3.05) is 0 Å². The fourth-order valence-electron chi connectivity index (χ4n) is 9.98. The van der Waals surface area contributed by atoms with E-state index >= 15 is 0 Å². The molecule has 0 saturated heterocycles. The van der Waals surface area contributed by atoms with Crippen molar-refractivity contribution in [3.05, 3.63) is 243 Å². The predicted octanol–water partition coefficient (Wildman–Crippen LogP) is 17.5. The Morgan fingerprint density at radius 3 is 0.726 bits per heavy atom. The fraction of sp³-hybridized carbons (Fsp3) is 0. The molecule has 0 aliphatic carbocycles. The Bertz CT molecular complexity index is 3520. The van der Waals surface area contributed by atoms with E-state index in [2.05, 4.69) is 243 Å². The van der Waals surface area contributed by atoms with Gasteiger partial charge in [0.15, 0.2) is 0 Å². The van der Waals surface area contributed by atoms with Crippen LogP contribution in [-0.2, 0) is 0 Å². The van der Waals surface area contributed by atoms with Crippen LogP contribution in [0.1, 0.15) is 0 Å². The van der Waals surface area contributed by atoms with Gasteiger partial charge in [-0.1, -0.05) is 231 Å². The molecule has 0 amide bonds. The van der Waals surface area contributed by atoms with Crippen LogP contribution in [0.15, 0.2) is 243 Å². The van der Waals surface area contributed by atoms with Crippen molar-refractivity contribution in [2.24, 2.45) is 0 Å². The Hall–Kier alpha value is -8.06. The van der Waals surface area contributed by atoms with Crippen molar-refractivity contribution >= 4 is 53.9 Å². The maximum Gasteiger partial charge on any atom is -0.00262 e. The summed E-state index contributed by atoms with van der Waals surface area (Å²) in [6.45, 7) is 0. The van der Waals surface area contributed by atoms with Gasteiger partial charge in [0.2, 0.25) is 0 Å². The molecule has 0 unspecified atom stereocenters. The highest BCUT2D eigenvalue weighted by Gasteiger charge is 2.18. The van der Waals surface area contributed by atoms with Crippen LogP contribution in [0.25, 0.3) is 121 Å². The Labute approximate surface area is 361 Å². The molecule has 0 radical (unpaired) electrons. The molecule has 0 N–H and O–H groups in total. The number of hydrogen-bond donors (Lipinski definition) is 0.